The molecule has 2 heteroatoms. The minimum absolute atomic E-state index is 0.282. The molecule has 0 spiro atoms. The SMILES string of the molecule is C1=CS2=c3cc[nH]c3=CC2=C1. The molecule has 2 aliphatic rings. The molecule has 0 radical (unpaired) electrons. The Balaban J connectivity index is 2.64. The maximum Gasteiger partial charge on any atom is 0.0528 e. The van der Waals surface area contributed by atoms with E-state index in [4.69, 9.17) is 0 Å². The maximum atomic E-state index is 3.22. The van der Waals surface area contributed by atoms with Crippen molar-refractivity contribution >= 4 is 16.6 Å². The Kier molecular flexibility index (Phi) is 0.902. The average molecular weight is 161 g/mol. The van der Waals surface area contributed by atoms with Gasteiger partial charge in [-0.2, -0.15) is 0 Å². The first-order valence-corrected chi connectivity index (χ1v) is 4.88. The fraction of sp³-hybridized carbons (Fsp3) is 0. The van der Waals surface area contributed by atoms with Crippen molar-refractivity contribution in [2.24, 2.45) is 0 Å². The molecule has 0 aromatic carbocycles. The molecule has 0 amide bonds. The lowest BCUT2D eigenvalue weighted by Crippen LogP contribution is -1.96. The Hall–Kier alpha value is -1.02. The van der Waals surface area contributed by atoms with Crippen LogP contribution in [0.4, 0.5) is 0 Å². The topological polar surface area (TPSA) is 15.8 Å². The Morgan fingerprint density at radius 2 is 2.36 bits per heavy atom. The molecule has 54 valence electrons. The molecule has 0 aliphatic carbocycles. The summed E-state index contributed by atoms with van der Waals surface area (Å²) in [6, 6.07) is 2.17. The molecule has 1 nitrogen and oxygen atoms in total. The number of H-pyrrole nitrogens is 1. The molecule has 0 saturated heterocycles. The van der Waals surface area contributed by atoms with Crippen LogP contribution in [0, 0.1) is 4.51 Å². The van der Waals surface area contributed by atoms with Crippen molar-refractivity contribution in [1.82, 2.24) is 4.98 Å². The molecular weight excluding hydrogens is 154 g/mol. The van der Waals surface area contributed by atoms with E-state index >= 15 is 0 Å². The molecule has 2 aliphatic heterocycles. The van der Waals surface area contributed by atoms with Crippen LogP contribution in [0.15, 0.2) is 34.7 Å². The number of nitrogens with one attached hydrogen (secondary N) is 1. The van der Waals surface area contributed by atoms with Crippen molar-refractivity contribution in [1.29, 1.82) is 0 Å². The van der Waals surface area contributed by atoms with Gasteiger partial charge in [0, 0.05) is 15.6 Å². The summed E-state index contributed by atoms with van der Waals surface area (Å²) in [5, 5.41) is 3.56. The summed E-state index contributed by atoms with van der Waals surface area (Å²) in [7, 11) is 0.282. The number of hydrogen-bond donors (Lipinski definition) is 1. The molecule has 11 heavy (non-hydrogen) atoms. The average Bonchev–Trinajstić information content (AvgIpc) is 2.52. The highest BCUT2D eigenvalue weighted by Crippen LogP contribution is 2.37. The Labute approximate surface area is 66.7 Å². The van der Waals surface area contributed by atoms with Crippen molar-refractivity contribution in [3.05, 3.63) is 44.6 Å². The van der Waals surface area contributed by atoms with Gasteiger partial charge in [-0.3, -0.25) is 0 Å². The molecule has 1 aromatic heterocycles. The summed E-state index contributed by atoms with van der Waals surface area (Å²) >= 11 is 0. The van der Waals surface area contributed by atoms with E-state index in [-0.39, 0.29) is 10.5 Å². The van der Waals surface area contributed by atoms with Gasteiger partial charge in [-0.05, 0) is 23.6 Å². The van der Waals surface area contributed by atoms with Crippen LogP contribution < -0.4 is 5.35 Å². The van der Waals surface area contributed by atoms with Crippen LogP contribution in [-0.2, 0) is 0 Å². The number of fused-ring (bicyclic) bond motifs is 2. The van der Waals surface area contributed by atoms with Crippen LogP contribution in [0.5, 0.6) is 0 Å². The first-order chi connectivity index (χ1) is 5.45. The molecule has 0 saturated carbocycles. The van der Waals surface area contributed by atoms with Crippen LogP contribution in [0.2, 0.25) is 0 Å². The summed E-state index contributed by atoms with van der Waals surface area (Å²) in [6.07, 6.45) is 8.58. The second-order valence-corrected chi connectivity index (χ2v) is 4.49. The highest BCUT2D eigenvalue weighted by molar-refractivity contribution is 8.16. The number of aromatic amines is 1. The minimum Gasteiger partial charge on any atom is -0.361 e. The summed E-state index contributed by atoms with van der Waals surface area (Å²) in [5.74, 6) is 0. The van der Waals surface area contributed by atoms with Crippen molar-refractivity contribution in [3.8, 4) is 0 Å². The van der Waals surface area contributed by atoms with Gasteiger partial charge in [0.1, 0.15) is 0 Å². The van der Waals surface area contributed by atoms with E-state index in [1.807, 2.05) is 6.20 Å². The lowest BCUT2D eigenvalue weighted by Gasteiger charge is -1.90. The van der Waals surface area contributed by atoms with Gasteiger partial charge in [0.25, 0.3) is 0 Å². The van der Waals surface area contributed by atoms with Gasteiger partial charge in [0.05, 0.1) is 5.35 Å². The predicted octanol–water partition coefficient (Wildman–Crippen LogP) is 1.74. The zero-order valence-corrected chi connectivity index (χ0v) is 6.69. The third-order valence-corrected chi connectivity index (χ3v) is 4.01. The second kappa shape index (κ2) is 1.77. The number of aromatic nitrogens is 1. The number of rotatable bonds is 0. The van der Waals surface area contributed by atoms with Crippen LogP contribution in [0.25, 0.3) is 6.08 Å². The zero-order chi connectivity index (χ0) is 7.26. The smallest absolute Gasteiger partial charge is 0.0528 e. The molecule has 1 unspecified atom stereocenters. The quantitative estimate of drug-likeness (QED) is 0.558. The van der Waals surface area contributed by atoms with Crippen molar-refractivity contribution < 1.29 is 0 Å². The molecule has 1 atom stereocenters. The van der Waals surface area contributed by atoms with E-state index in [2.05, 4.69) is 34.7 Å². The lowest BCUT2D eigenvalue weighted by molar-refractivity contribution is 1.33. The fourth-order valence-electron chi connectivity index (χ4n) is 1.49. The lowest BCUT2D eigenvalue weighted by atomic mass is 10.4. The molecule has 0 fully saturated rings. The molecule has 1 aromatic rings. The Morgan fingerprint density at radius 3 is 3.36 bits per heavy atom. The van der Waals surface area contributed by atoms with Gasteiger partial charge >= 0.3 is 0 Å². The predicted molar refractivity (Wildman–Crippen MR) is 48.5 cm³/mol. The van der Waals surface area contributed by atoms with Gasteiger partial charge in [-0.1, -0.05) is 6.08 Å². The Bertz CT molecular complexity index is 488. The monoisotopic (exact) mass is 161 g/mol. The summed E-state index contributed by atoms with van der Waals surface area (Å²) in [5.41, 5.74) is 0. The largest absolute Gasteiger partial charge is 0.361 e. The molecular formula is C9H7NS. The molecule has 3 rings (SSSR count). The summed E-state index contributed by atoms with van der Waals surface area (Å²) < 4.78 is 1.45. The van der Waals surface area contributed by atoms with Gasteiger partial charge < -0.3 is 4.98 Å². The second-order valence-electron chi connectivity index (χ2n) is 2.64. The highest BCUT2D eigenvalue weighted by atomic mass is 32.2. The van der Waals surface area contributed by atoms with Crippen molar-refractivity contribution in [3.63, 3.8) is 0 Å². The van der Waals surface area contributed by atoms with E-state index in [9.17, 15) is 0 Å². The third-order valence-electron chi connectivity index (χ3n) is 1.99. The molecule has 1 N–H and O–H groups in total. The fourth-order valence-corrected chi connectivity index (χ4v) is 3.32. The Morgan fingerprint density at radius 1 is 1.36 bits per heavy atom. The van der Waals surface area contributed by atoms with Crippen LogP contribution in [0.3, 0.4) is 0 Å². The van der Waals surface area contributed by atoms with Crippen LogP contribution >= 0.6 is 10.5 Å². The van der Waals surface area contributed by atoms with E-state index in [0.29, 0.717) is 0 Å². The van der Waals surface area contributed by atoms with Crippen molar-refractivity contribution in [2.45, 2.75) is 0 Å². The standard InChI is InChI=1S/C9H7NS/c1-2-7-6-8-9(3-4-10-8)11(7)5-1/h1-6,10H. The minimum atomic E-state index is 0.282. The van der Waals surface area contributed by atoms with Gasteiger partial charge in [0.15, 0.2) is 0 Å². The van der Waals surface area contributed by atoms with E-state index in [0.717, 1.165) is 0 Å². The number of hydrogen-bond acceptors (Lipinski definition) is 0. The first-order valence-electron chi connectivity index (χ1n) is 3.59. The number of allylic oxidation sites excluding steroid dienone is 3. The van der Waals surface area contributed by atoms with Crippen LogP contribution in [0.1, 0.15) is 0 Å². The van der Waals surface area contributed by atoms with Gasteiger partial charge in [-0.15, -0.1) is 10.5 Å². The first kappa shape index (κ1) is 5.61. The van der Waals surface area contributed by atoms with Gasteiger partial charge in [-0.25, -0.2) is 0 Å². The van der Waals surface area contributed by atoms with Crippen LogP contribution in [-0.4, -0.2) is 4.98 Å². The third kappa shape index (κ3) is 0.601. The normalized spacial score (nSPS) is 24.4. The highest BCUT2D eigenvalue weighted by Gasteiger charge is 2.09. The molecule has 0 bridgehead atoms. The summed E-state index contributed by atoms with van der Waals surface area (Å²) in [6.45, 7) is 0. The maximum absolute atomic E-state index is 3.22. The van der Waals surface area contributed by atoms with E-state index in [1.165, 1.54) is 14.8 Å². The summed E-state index contributed by atoms with van der Waals surface area (Å²) in [4.78, 5) is 4.67. The van der Waals surface area contributed by atoms with Crippen molar-refractivity contribution in [2.75, 3.05) is 0 Å². The van der Waals surface area contributed by atoms with E-state index in [1.54, 1.807) is 0 Å². The zero-order valence-electron chi connectivity index (χ0n) is 5.87. The van der Waals surface area contributed by atoms with Gasteiger partial charge in [0.2, 0.25) is 0 Å². The molecule has 3 heterocycles. The van der Waals surface area contributed by atoms with E-state index < -0.39 is 0 Å².